The highest BCUT2D eigenvalue weighted by Crippen LogP contribution is 2.24. The Kier molecular flexibility index (Phi) is 3.94. The molecule has 6 nitrogen and oxygen atoms in total. The molecule has 0 saturated heterocycles. The molecular weight excluding hydrogens is 266 g/mol. The van der Waals surface area contributed by atoms with Gasteiger partial charge in [-0.2, -0.15) is 4.80 Å². The molecule has 2 N–H and O–H groups in total. The Balaban J connectivity index is 1.70. The largest absolute Gasteiger partial charge is 0.366 e. The maximum Gasteiger partial charge on any atom is 0.248 e. The van der Waals surface area contributed by atoms with Crippen molar-refractivity contribution in [3.63, 3.8) is 0 Å². The average Bonchev–Trinajstić information content (AvgIpc) is 2.97. The van der Waals surface area contributed by atoms with E-state index >= 15 is 0 Å². The highest BCUT2D eigenvalue weighted by molar-refractivity contribution is 5.93. The van der Waals surface area contributed by atoms with E-state index in [2.05, 4.69) is 15.4 Å². The van der Waals surface area contributed by atoms with Crippen molar-refractivity contribution in [3.05, 3.63) is 29.8 Å². The van der Waals surface area contributed by atoms with Gasteiger partial charge in [0.15, 0.2) is 0 Å². The molecule has 6 heteroatoms. The second kappa shape index (κ2) is 6.03. The summed E-state index contributed by atoms with van der Waals surface area (Å²) in [6, 6.07) is 6.95. The van der Waals surface area contributed by atoms with Crippen LogP contribution in [0.3, 0.4) is 0 Å². The lowest BCUT2D eigenvalue weighted by Gasteiger charge is -2.20. The number of nitrogens with zero attached hydrogens (tertiary/aromatic N) is 4. The number of amides is 1. The molecule has 1 aromatic carbocycles. The third kappa shape index (κ3) is 3.26. The van der Waals surface area contributed by atoms with E-state index in [1.165, 1.54) is 32.1 Å². The van der Waals surface area contributed by atoms with E-state index in [1.54, 1.807) is 29.1 Å². The number of hydrogen-bond acceptors (Lipinski definition) is 4. The zero-order valence-electron chi connectivity index (χ0n) is 11.9. The van der Waals surface area contributed by atoms with Gasteiger partial charge in [-0.1, -0.05) is 31.4 Å². The molecule has 110 valence electrons. The predicted octanol–water partition coefficient (Wildman–Crippen LogP) is 2.02. The van der Waals surface area contributed by atoms with E-state index < -0.39 is 5.91 Å². The second-order valence-electron chi connectivity index (χ2n) is 5.61. The van der Waals surface area contributed by atoms with Crippen molar-refractivity contribution in [2.24, 2.45) is 11.7 Å². The summed E-state index contributed by atoms with van der Waals surface area (Å²) in [6.07, 6.45) is 6.47. The van der Waals surface area contributed by atoms with Crippen LogP contribution in [0.5, 0.6) is 0 Å². The Hall–Kier alpha value is -2.24. The first-order valence-corrected chi connectivity index (χ1v) is 7.40. The Bertz CT molecular complexity index is 613. The molecule has 0 radical (unpaired) electrons. The highest BCUT2D eigenvalue weighted by Gasteiger charge is 2.16. The van der Waals surface area contributed by atoms with Crippen molar-refractivity contribution >= 4 is 5.91 Å². The van der Waals surface area contributed by atoms with Crippen molar-refractivity contribution in [1.82, 2.24) is 20.2 Å². The van der Waals surface area contributed by atoms with E-state index in [9.17, 15) is 4.79 Å². The molecule has 1 amide bonds. The van der Waals surface area contributed by atoms with E-state index in [0.29, 0.717) is 17.3 Å². The first-order chi connectivity index (χ1) is 10.2. The summed E-state index contributed by atoms with van der Waals surface area (Å²) < 4.78 is 0. The van der Waals surface area contributed by atoms with E-state index in [0.717, 1.165) is 12.1 Å². The van der Waals surface area contributed by atoms with Gasteiger partial charge in [0.1, 0.15) is 0 Å². The molecular formula is C15H19N5O. The number of nitrogens with two attached hydrogens (primary N) is 1. The monoisotopic (exact) mass is 285 g/mol. The van der Waals surface area contributed by atoms with Gasteiger partial charge in [-0.3, -0.25) is 4.79 Å². The second-order valence-corrected chi connectivity index (χ2v) is 5.61. The quantitative estimate of drug-likeness (QED) is 0.931. The van der Waals surface area contributed by atoms with Crippen LogP contribution in [0.1, 0.15) is 42.5 Å². The minimum absolute atomic E-state index is 0.435. The molecule has 0 atom stereocenters. The zero-order valence-corrected chi connectivity index (χ0v) is 11.9. The molecule has 1 aromatic heterocycles. The number of hydrogen-bond donors (Lipinski definition) is 1. The highest BCUT2D eigenvalue weighted by atomic mass is 16.1. The molecule has 0 bridgehead atoms. The lowest BCUT2D eigenvalue weighted by Crippen LogP contribution is -2.16. The SMILES string of the molecule is NC(=O)c1ccc(-c2nnn(CC3CCCCC3)n2)cc1. The number of carbonyl (C=O) groups excluding carboxylic acids is 1. The van der Waals surface area contributed by atoms with Crippen LogP contribution in [0.2, 0.25) is 0 Å². The Labute approximate surface area is 123 Å². The summed E-state index contributed by atoms with van der Waals surface area (Å²) in [4.78, 5) is 12.7. The first-order valence-electron chi connectivity index (χ1n) is 7.40. The Morgan fingerprint density at radius 2 is 1.90 bits per heavy atom. The van der Waals surface area contributed by atoms with Crippen LogP contribution in [0.25, 0.3) is 11.4 Å². The van der Waals surface area contributed by atoms with Crippen LogP contribution in [-0.2, 0) is 6.54 Å². The van der Waals surface area contributed by atoms with Crippen LogP contribution in [0.15, 0.2) is 24.3 Å². The maximum absolute atomic E-state index is 11.0. The number of aromatic nitrogens is 4. The van der Waals surface area contributed by atoms with Crippen LogP contribution in [0, 0.1) is 5.92 Å². The van der Waals surface area contributed by atoms with Crippen LogP contribution >= 0.6 is 0 Å². The maximum atomic E-state index is 11.0. The van der Waals surface area contributed by atoms with Crippen molar-refractivity contribution < 1.29 is 4.79 Å². The molecule has 1 fully saturated rings. The van der Waals surface area contributed by atoms with Gasteiger partial charge in [0.2, 0.25) is 11.7 Å². The van der Waals surface area contributed by atoms with Gasteiger partial charge in [-0.15, -0.1) is 10.2 Å². The number of carbonyl (C=O) groups is 1. The topological polar surface area (TPSA) is 86.7 Å². The van der Waals surface area contributed by atoms with Gasteiger partial charge in [0, 0.05) is 11.1 Å². The lowest BCUT2D eigenvalue weighted by molar-refractivity contribution is 0.100. The number of tetrazole rings is 1. The van der Waals surface area contributed by atoms with Crippen molar-refractivity contribution in [2.75, 3.05) is 0 Å². The summed E-state index contributed by atoms with van der Waals surface area (Å²) in [5, 5.41) is 12.6. The van der Waals surface area contributed by atoms with Crippen molar-refractivity contribution in [2.45, 2.75) is 38.6 Å². The van der Waals surface area contributed by atoms with E-state index in [4.69, 9.17) is 5.73 Å². The van der Waals surface area contributed by atoms with Crippen molar-refractivity contribution in [1.29, 1.82) is 0 Å². The van der Waals surface area contributed by atoms with Crippen LogP contribution < -0.4 is 5.73 Å². The molecule has 1 saturated carbocycles. The molecule has 21 heavy (non-hydrogen) atoms. The fourth-order valence-electron chi connectivity index (χ4n) is 2.82. The molecule has 3 rings (SSSR count). The minimum Gasteiger partial charge on any atom is -0.366 e. The first kappa shape index (κ1) is 13.7. The fraction of sp³-hybridized carbons (Fsp3) is 0.467. The van der Waals surface area contributed by atoms with Gasteiger partial charge in [-0.05, 0) is 36.1 Å². The van der Waals surface area contributed by atoms with Gasteiger partial charge in [0.25, 0.3) is 0 Å². The predicted molar refractivity (Wildman–Crippen MR) is 78.3 cm³/mol. The van der Waals surface area contributed by atoms with Crippen molar-refractivity contribution in [3.8, 4) is 11.4 Å². The van der Waals surface area contributed by atoms with Gasteiger partial charge in [-0.25, -0.2) is 0 Å². The summed E-state index contributed by atoms with van der Waals surface area (Å²) in [6.45, 7) is 0.840. The molecule has 1 aliphatic rings. The number of benzene rings is 1. The third-order valence-corrected chi connectivity index (χ3v) is 4.03. The molecule has 0 unspecified atom stereocenters. The van der Waals surface area contributed by atoms with Gasteiger partial charge >= 0.3 is 0 Å². The van der Waals surface area contributed by atoms with Gasteiger partial charge < -0.3 is 5.73 Å². The third-order valence-electron chi connectivity index (χ3n) is 4.03. The van der Waals surface area contributed by atoms with Crippen LogP contribution in [0.4, 0.5) is 0 Å². The van der Waals surface area contributed by atoms with Crippen LogP contribution in [-0.4, -0.2) is 26.1 Å². The molecule has 1 heterocycles. The lowest BCUT2D eigenvalue weighted by atomic mass is 9.89. The molecule has 0 spiro atoms. The molecule has 1 aliphatic carbocycles. The van der Waals surface area contributed by atoms with Gasteiger partial charge in [0.05, 0.1) is 6.54 Å². The molecule has 0 aliphatic heterocycles. The Morgan fingerprint density at radius 1 is 1.19 bits per heavy atom. The average molecular weight is 285 g/mol. The standard InChI is InChI=1S/C15H19N5O/c16-14(21)12-6-8-13(9-7-12)15-17-19-20(18-15)10-11-4-2-1-3-5-11/h6-9,11H,1-5,10H2,(H2,16,21). The van der Waals surface area contributed by atoms with E-state index in [-0.39, 0.29) is 0 Å². The Morgan fingerprint density at radius 3 is 2.57 bits per heavy atom. The normalized spacial score (nSPS) is 16.0. The zero-order chi connectivity index (χ0) is 14.7. The summed E-state index contributed by atoms with van der Waals surface area (Å²) >= 11 is 0. The summed E-state index contributed by atoms with van der Waals surface area (Å²) in [7, 11) is 0. The minimum atomic E-state index is -0.435. The summed E-state index contributed by atoms with van der Waals surface area (Å²) in [5.41, 5.74) is 6.55. The fourth-order valence-corrected chi connectivity index (χ4v) is 2.82. The number of primary amides is 1. The summed E-state index contributed by atoms with van der Waals surface area (Å²) in [5.74, 6) is 0.815. The van der Waals surface area contributed by atoms with E-state index in [1.807, 2.05) is 0 Å². The number of rotatable bonds is 4. The molecule has 2 aromatic rings. The smallest absolute Gasteiger partial charge is 0.248 e.